The second-order valence-electron chi connectivity index (χ2n) is 10.7. The van der Waals surface area contributed by atoms with Crippen LogP contribution in [0.4, 0.5) is 0 Å². The van der Waals surface area contributed by atoms with Crippen LogP contribution < -0.4 is 5.32 Å². The predicted octanol–water partition coefficient (Wildman–Crippen LogP) is 7.06. The van der Waals surface area contributed by atoms with Gasteiger partial charge in [-0.25, -0.2) is 0 Å². The van der Waals surface area contributed by atoms with Gasteiger partial charge in [0, 0.05) is 0 Å². The van der Waals surface area contributed by atoms with E-state index < -0.39 is 13.1 Å². The molecule has 0 radical (unpaired) electrons. The largest absolute Gasteiger partial charge is 0.507 e. The minimum absolute atomic E-state index is 0.0661. The summed E-state index contributed by atoms with van der Waals surface area (Å²) in [6.45, 7) is 18.9. The Labute approximate surface area is 200 Å². The predicted molar refractivity (Wildman–Crippen MR) is 137 cm³/mol. The van der Waals surface area contributed by atoms with Crippen LogP contribution in [0, 0.1) is 0 Å². The Morgan fingerprint density at radius 3 is 1.67 bits per heavy atom. The highest BCUT2D eigenvalue weighted by molar-refractivity contribution is 7.53. The van der Waals surface area contributed by atoms with E-state index in [-0.39, 0.29) is 17.1 Å². The maximum atomic E-state index is 13.3. The Balaban J connectivity index is 2.74. The number of rotatable bonds is 9. The lowest BCUT2D eigenvalue weighted by atomic mass is 9.74. The van der Waals surface area contributed by atoms with E-state index in [9.17, 15) is 9.67 Å². The molecule has 1 atom stereocenters. The van der Waals surface area contributed by atoms with E-state index in [0.717, 1.165) is 22.3 Å². The van der Waals surface area contributed by atoms with E-state index in [1.165, 1.54) is 0 Å². The van der Waals surface area contributed by atoms with Crippen molar-refractivity contribution < 1.29 is 18.7 Å². The monoisotopic (exact) mass is 475 g/mol. The molecule has 2 aromatic rings. The van der Waals surface area contributed by atoms with E-state index in [1.54, 1.807) is 0 Å². The fourth-order valence-corrected chi connectivity index (χ4v) is 5.54. The summed E-state index contributed by atoms with van der Waals surface area (Å²) in [5.74, 6) is 0.337. The highest BCUT2D eigenvalue weighted by Gasteiger charge is 2.36. The zero-order valence-corrected chi connectivity index (χ0v) is 22.7. The van der Waals surface area contributed by atoms with Gasteiger partial charge in [0.1, 0.15) is 5.75 Å². The van der Waals surface area contributed by atoms with Crippen LogP contribution in [0.2, 0.25) is 0 Å². The van der Waals surface area contributed by atoms with Crippen molar-refractivity contribution in [3.8, 4) is 5.75 Å². The average molecular weight is 476 g/mol. The number of hydrogen-bond acceptors (Lipinski definition) is 5. The molecule has 0 spiro atoms. The smallest absolute Gasteiger partial charge is 0.344 e. The van der Waals surface area contributed by atoms with E-state index in [2.05, 4.69) is 78.0 Å². The molecule has 2 aromatic carbocycles. The molecule has 0 amide bonds. The van der Waals surface area contributed by atoms with Gasteiger partial charge in [-0.2, -0.15) is 0 Å². The van der Waals surface area contributed by atoms with Crippen LogP contribution in [-0.4, -0.2) is 24.6 Å². The molecule has 0 aliphatic heterocycles. The van der Waals surface area contributed by atoms with Crippen LogP contribution in [0.3, 0.4) is 0 Å². The summed E-state index contributed by atoms with van der Waals surface area (Å²) >= 11 is 0. The molecule has 184 valence electrons. The lowest BCUT2D eigenvalue weighted by Gasteiger charge is -2.37. The second-order valence-corrected chi connectivity index (χ2v) is 12.7. The molecular weight excluding hydrogens is 433 g/mol. The molecule has 0 fully saturated rings. The highest BCUT2D eigenvalue weighted by atomic mass is 31.2. The summed E-state index contributed by atoms with van der Waals surface area (Å²) in [4.78, 5) is 0. The lowest BCUT2D eigenvalue weighted by molar-refractivity contribution is 0.215. The summed E-state index contributed by atoms with van der Waals surface area (Å²) in [5, 5.41) is 14.7. The lowest BCUT2D eigenvalue weighted by Crippen LogP contribution is -2.42. The minimum atomic E-state index is -3.32. The summed E-state index contributed by atoms with van der Waals surface area (Å²) in [5.41, 5.74) is 2.56. The first-order valence-corrected chi connectivity index (χ1v) is 13.5. The molecule has 1 unspecified atom stereocenters. The number of nitrogens with one attached hydrogen (secondary N) is 1. The van der Waals surface area contributed by atoms with Gasteiger partial charge >= 0.3 is 7.60 Å². The van der Waals surface area contributed by atoms with Crippen molar-refractivity contribution in [1.82, 2.24) is 5.32 Å². The third-order valence-corrected chi connectivity index (χ3v) is 7.78. The fraction of sp³-hybridized carbons (Fsp3) is 0.556. The van der Waals surface area contributed by atoms with Crippen LogP contribution in [0.5, 0.6) is 5.75 Å². The Kier molecular flexibility index (Phi) is 8.62. The fourth-order valence-electron chi connectivity index (χ4n) is 3.99. The van der Waals surface area contributed by atoms with Crippen LogP contribution >= 0.6 is 7.60 Å². The van der Waals surface area contributed by atoms with Gasteiger partial charge in [0.25, 0.3) is 0 Å². The molecule has 2 rings (SSSR count). The zero-order chi connectivity index (χ0) is 25.1. The summed E-state index contributed by atoms with van der Waals surface area (Å²) in [6, 6.07) is 14.2. The Morgan fingerprint density at radius 2 is 1.27 bits per heavy atom. The third-order valence-electron chi connectivity index (χ3n) is 5.93. The molecule has 0 aliphatic rings. The average Bonchev–Trinajstić information content (AvgIpc) is 2.71. The molecule has 0 heterocycles. The molecule has 0 aromatic heterocycles. The first-order valence-electron chi connectivity index (χ1n) is 11.7. The van der Waals surface area contributed by atoms with Crippen LogP contribution in [0.25, 0.3) is 0 Å². The Bertz CT molecular complexity index is 931. The van der Waals surface area contributed by atoms with Crippen molar-refractivity contribution in [2.24, 2.45) is 0 Å². The van der Waals surface area contributed by atoms with E-state index in [1.807, 2.05) is 32.0 Å². The molecular formula is C27H42NO4P. The molecule has 33 heavy (non-hydrogen) atoms. The first kappa shape index (κ1) is 27.6. The van der Waals surface area contributed by atoms with Gasteiger partial charge in [0.05, 0.1) is 25.0 Å². The summed E-state index contributed by atoms with van der Waals surface area (Å²) in [7, 11) is -3.32. The van der Waals surface area contributed by atoms with Crippen molar-refractivity contribution in [1.29, 1.82) is 0 Å². The molecule has 6 heteroatoms. The van der Waals surface area contributed by atoms with Crippen molar-refractivity contribution in [3.05, 3.63) is 64.7 Å². The summed E-state index contributed by atoms with van der Waals surface area (Å²) in [6.07, 6.45) is 0.0661. The zero-order valence-electron chi connectivity index (χ0n) is 21.8. The van der Waals surface area contributed by atoms with Gasteiger partial charge in [0.2, 0.25) is 0 Å². The van der Waals surface area contributed by atoms with Crippen LogP contribution in [0.15, 0.2) is 42.5 Å². The first-order chi connectivity index (χ1) is 15.2. The number of hydrogen-bond donors (Lipinski definition) is 2. The van der Waals surface area contributed by atoms with E-state index in [4.69, 9.17) is 9.05 Å². The normalized spacial score (nSPS) is 14.8. The number of aromatic hydroxyl groups is 1. The molecule has 0 bridgehead atoms. The molecule has 5 nitrogen and oxygen atoms in total. The van der Waals surface area contributed by atoms with Crippen molar-refractivity contribution in [2.45, 2.75) is 78.7 Å². The van der Waals surface area contributed by atoms with Crippen molar-refractivity contribution in [2.75, 3.05) is 19.5 Å². The quantitative estimate of drug-likeness (QED) is 0.380. The number of phenolic OH excluding ortho intramolecular Hbond substituents is 1. The van der Waals surface area contributed by atoms with Crippen LogP contribution in [0.1, 0.15) is 84.6 Å². The standard InChI is InChI=1S/C27H42NO4P/c1-10-31-33(30,32-11-2)19-28-27(9,20-15-13-12-14-16-20)21-17-22(25(3,4)5)24(29)23(18-21)26(6,7)8/h12-18,28-29H,10-11,19H2,1-9H3. The molecule has 2 N–H and O–H groups in total. The van der Waals surface area contributed by atoms with E-state index in [0.29, 0.717) is 19.0 Å². The number of benzene rings is 2. The van der Waals surface area contributed by atoms with E-state index >= 15 is 0 Å². The molecule has 0 saturated heterocycles. The van der Waals surface area contributed by atoms with Gasteiger partial charge < -0.3 is 14.2 Å². The van der Waals surface area contributed by atoms with Gasteiger partial charge in [-0.3, -0.25) is 9.88 Å². The maximum Gasteiger partial charge on any atom is 0.344 e. The van der Waals surface area contributed by atoms with Gasteiger partial charge in [-0.1, -0.05) is 71.9 Å². The third kappa shape index (κ3) is 6.48. The van der Waals surface area contributed by atoms with Crippen molar-refractivity contribution in [3.63, 3.8) is 0 Å². The van der Waals surface area contributed by atoms with Crippen molar-refractivity contribution >= 4 is 7.60 Å². The summed E-state index contributed by atoms with van der Waals surface area (Å²) < 4.78 is 24.4. The van der Waals surface area contributed by atoms with Gasteiger partial charge in [0.15, 0.2) is 0 Å². The topological polar surface area (TPSA) is 67.8 Å². The highest BCUT2D eigenvalue weighted by Crippen LogP contribution is 2.49. The Morgan fingerprint density at radius 1 is 0.818 bits per heavy atom. The van der Waals surface area contributed by atoms with Gasteiger partial charge in [-0.15, -0.1) is 0 Å². The Hall–Kier alpha value is -1.65. The maximum absolute atomic E-state index is 13.3. The molecule has 0 saturated carbocycles. The molecule has 0 aliphatic carbocycles. The number of phenols is 1. The SMILES string of the molecule is CCOP(=O)(CNC(C)(c1ccccc1)c1cc(C(C)(C)C)c(O)c(C(C)(C)C)c1)OCC. The second kappa shape index (κ2) is 10.3. The van der Waals surface area contributed by atoms with Crippen LogP contribution in [-0.2, 0) is 30.0 Å². The van der Waals surface area contributed by atoms with Gasteiger partial charge in [-0.05, 0) is 66.0 Å². The minimum Gasteiger partial charge on any atom is -0.507 e.